The summed E-state index contributed by atoms with van der Waals surface area (Å²) >= 11 is 0. The van der Waals surface area contributed by atoms with Crippen LogP contribution in [0.5, 0.6) is 0 Å². The first-order valence-corrected chi connectivity index (χ1v) is 6.18. The van der Waals surface area contributed by atoms with Crippen molar-refractivity contribution in [1.29, 1.82) is 0 Å². The standard InChI is InChI=1S/C8H18.C5H12/c1-4-5-6-7-8(2)3;1-3-5-4-2/h8H,4-7H2,1-3H3;3-5H2,1-2H3. The zero-order chi connectivity index (χ0) is 10.5. The topological polar surface area (TPSA) is 0 Å². The zero-order valence-corrected chi connectivity index (χ0v) is 10.5. The van der Waals surface area contributed by atoms with Crippen LogP contribution in [-0.4, -0.2) is 0 Å². The molecule has 0 aliphatic heterocycles. The summed E-state index contributed by atoms with van der Waals surface area (Å²) in [5.74, 6) is 0.904. The van der Waals surface area contributed by atoms with Crippen molar-refractivity contribution in [2.24, 2.45) is 5.92 Å². The normalized spacial score (nSPS) is 9.69. The Morgan fingerprint density at radius 1 is 0.692 bits per heavy atom. The minimum Gasteiger partial charge on any atom is -0.0654 e. The monoisotopic (exact) mass is 186 g/mol. The minimum absolute atomic E-state index is 0.904. The Bertz CT molecular complexity index is 62.4. The Morgan fingerprint density at radius 3 is 1.38 bits per heavy atom. The number of hydrogen-bond donors (Lipinski definition) is 0. The SMILES string of the molecule is CCCCC.CCCCCC(C)C. The highest BCUT2D eigenvalue weighted by atomic mass is 14.0. The Hall–Kier alpha value is 0. The van der Waals surface area contributed by atoms with Gasteiger partial charge in [0, 0.05) is 0 Å². The number of rotatable bonds is 6. The van der Waals surface area contributed by atoms with Gasteiger partial charge >= 0.3 is 0 Å². The van der Waals surface area contributed by atoms with E-state index in [-0.39, 0.29) is 0 Å². The highest BCUT2D eigenvalue weighted by molar-refractivity contribution is 4.44. The fourth-order valence-corrected chi connectivity index (χ4v) is 1.16. The van der Waals surface area contributed by atoms with Crippen LogP contribution in [0.2, 0.25) is 0 Å². The van der Waals surface area contributed by atoms with Crippen LogP contribution in [-0.2, 0) is 0 Å². The quantitative estimate of drug-likeness (QED) is 0.486. The molecular formula is C13H30. The van der Waals surface area contributed by atoms with E-state index < -0.39 is 0 Å². The van der Waals surface area contributed by atoms with Crippen LogP contribution < -0.4 is 0 Å². The lowest BCUT2D eigenvalue weighted by Crippen LogP contribution is -1.85. The van der Waals surface area contributed by atoms with E-state index in [0.29, 0.717) is 0 Å². The molecule has 0 atom stereocenters. The van der Waals surface area contributed by atoms with E-state index >= 15 is 0 Å². The fourth-order valence-electron chi connectivity index (χ4n) is 1.16. The molecule has 0 amide bonds. The van der Waals surface area contributed by atoms with Gasteiger partial charge in [-0.2, -0.15) is 0 Å². The summed E-state index contributed by atoms with van der Waals surface area (Å²) in [6.45, 7) is 11.2. The molecule has 0 spiro atoms. The average molecular weight is 186 g/mol. The second kappa shape index (κ2) is 14.5. The van der Waals surface area contributed by atoms with E-state index in [0.717, 1.165) is 5.92 Å². The summed E-state index contributed by atoms with van der Waals surface area (Å²) in [5.41, 5.74) is 0. The van der Waals surface area contributed by atoms with E-state index in [4.69, 9.17) is 0 Å². The van der Waals surface area contributed by atoms with Crippen molar-refractivity contribution in [1.82, 2.24) is 0 Å². The van der Waals surface area contributed by atoms with Gasteiger partial charge in [-0.1, -0.05) is 79.6 Å². The van der Waals surface area contributed by atoms with Crippen molar-refractivity contribution in [3.05, 3.63) is 0 Å². The lowest BCUT2D eigenvalue weighted by molar-refractivity contribution is 0.534. The maximum absolute atomic E-state index is 2.29. The third-order valence-corrected chi connectivity index (χ3v) is 2.09. The van der Waals surface area contributed by atoms with E-state index in [1.54, 1.807) is 0 Å². The van der Waals surface area contributed by atoms with Gasteiger partial charge in [0.05, 0.1) is 0 Å². The Kier molecular flexibility index (Phi) is 17.3. The number of hydrogen-bond acceptors (Lipinski definition) is 0. The van der Waals surface area contributed by atoms with Crippen LogP contribution in [0.3, 0.4) is 0 Å². The molecular weight excluding hydrogens is 156 g/mol. The predicted octanol–water partition coefficient (Wildman–Crippen LogP) is 5.42. The van der Waals surface area contributed by atoms with Crippen LogP contribution in [0, 0.1) is 5.92 Å². The summed E-state index contributed by atoms with van der Waals surface area (Å²) in [7, 11) is 0. The highest BCUT2D eigenvalue weighted by Crippen LogP contribution is 2.06. The van der Waals surface area contributed by atoms with Gasteiger partial charge < -0.3 is 0 Å². The minimum atomic E-state index is 0.904. The molecule has 13 heavy (non-hydrogen) atoms. The predicted molar refractivity (Wildman–Crippen MR) is 64.2 cm³/mol. The molecule has 0 heterocycles. The van der Waals surface area contributed by atoms with Crippen LogP contribution in [0.25, 0.3) is 0 Å². The third kappa shape index (κ3) is 24.5. The summed E-state index contributed by atoms with van der Waals surface area (Å²) in [5, 5.41) is 0. The highest BCUT2D eigenvalue weighted by Gasteiger charge is 1.90. The lowest BCUT2D eigenvalue weighted by atomic mass is 10.1. The molecule has 0 saturated carbocycles. The molecule has 0 nitrogen and oxygen atoms in total. The summed E-state index contributed by atoms with van der Waals surface area (Å²) < 4.78 is 0. The van der Waals surface area contributed by atoms with Crippen LogP contribution in [0.15, 0.2) is 0 Å². The molecule has 0 bridgehead atoms. The van der Waals surface area contributed by atoms with Crippen LogP contribution in [0.4, 0.5) is 0 Å². The Labute approximate surface area is 86.1 Å². The first kappa shape index (κ1) is 15.5. The first-order valence-electron chi connectivity index (χ1n) is 6.18. The molecule has 0 N–H and O–H groups in total. The van der Waals surface area contributed by atoms with Crippen molar-refractivity contribution in [3.63, 3.8) is 0 Å². The van der Waals surface area contributed by atoms with Crippen molar-refractivity contribution in [2.75, 3.05) is 0 Å². The van der Waals surface area contributed by atoms with Crippen LogP contribution >= 0.6 is 0 Å². The molecule has 0 aromatic carbocycles. The van der Waals surface area contributed by atoms with Crippen molar-refractivity contribution in [3.8, 4) is 0 Å². The van der Waals surface area contributed by atoms with Crippen molar-refractivity contribution in [2.45, 2.75) is 79.6 Å². The van der Waals surface area contributed by atoms with E-state index in [9.17, 15) is 0 Å². The van der Waals surface area contributed by atoms with Gasteiger partial charge in [-0.25, -0.2) is 0 Å². The maximum atomic E-state index is 2.29. The molecule has 0 aromatic heterocycles. The summed E-state index contributed by atoms with van der Waals surface area (Å²) in [6.07, 6.45) is 9.68. The number of unbranched alkanes of at least 4 members (excludes halogenated alkanes) is 4. The molecule has 0 aromatic rings. The maximum Gasteiger partial charge on any atom is -0.0471 e. The Morgan fingerprint density at radius 2 is 1.15 bits per heavy atom. The average Bonchev–Trinajstić information content (AvgIpc) is 2.07. The molecule has 0 unspecified atom stereocenters. The first-order chi connectivity index (χ1) is 6.18. The Balaban J connectivity index is 0. The van der Waals surface area contributed by atoms with Gasteiger partial charge in [0.25, 0.3) is 0 Å². The molecule has 0 saturated heterocycles. The van der Waals surface area contributed by atoms with E-state index in [1.165, 1.54) is 44.9 Å². The molecule has 0 aliphatic rings. The summed E-state index contributed by atoms with van der Waals surface area (Å²) in [6, 6.07) is 0. The van der Waals surface area contributed by atoms with Gasteiger partial charge in [0.15, 0.2) is 0 Å². The second-order valence-corrected chi connectivity index (χ2v) is 4.24. The smallest absolute Gasteiger partial charge is 0.0471 e. The van der Waals surface area contributed by atoms with Gasteiger partial charge in [-0.05, 0) is 5.92 Å². The fraction of sp³-hybridized carbons (Fsp3) is 1.00. The molecule has 0 fully saturated rings. The van der Waals surface area contributed by atoms with E-state index in [2.05, 4.69) is 34.6 Å². The summed E-state index contributed by atoms with van der Waals surface area (Å²) in [4.78, 5) is 0. The van der Waals surface area contributed by atoms with Gasteiger partial charge in [0.1, 0.15) is 0 Å². The lowest BCUT2D eigenvalue weighted by Gasteiger charge is -2.00. The van der Waals surface area contributed by atoms with Crippen molar-refractivity contribution >= 4 is 0 Å². The molecule has 0 aliphatic carbocycles. The van der Waals surface area contributed by atoms with Gasteiger partial charge in [-0.15, -0.1) is 0 Å². The van der Waals surface area contributed by atoms with Gasteiger partial charge in [-0.3, -0.25) is 0 Å². The largest absolute Gasteiger partial charge is 0.0654 e. The molecule has 0 radical (unpaired) electrons. The van der Waals surface area contributed by atoms with Gasteiger partial charge in [0.2, 0.25) is 0 Å². The third-order valence-electron chi connectivity index (χ3n) is 2.09. The van der Waals surface area contributed by atoms with E-state index in [1.807, 2.05) is 0 Å². The second-order valence-electron chi connectivity index (χ2n) is 4.24. The van der Waals surface area contributed by atoms with Crippen molar-refractivity contribution < 1.29 is 0 Å². The van der Waals surface area contributed by atoms with Crippen LogP contribution in [0.1, 0.15) is 79.6 Å². The molecule has 0 rings (SSSR count). The zero-order valence-electron chi connectivity index (χ0n) is 10.5. The molecule has 82 valence electrons. The molecule has 0 heteroatoms.